The summed E-state index contributed by atoms with van der Waals surface area (Å²) in [6, 6.07) is 14.4. The number of fused-ring (bicyclic) bond motifs is 1. The third-order valence-electron chi connectivity index (χ3n) is 6.54. The minimum absolute atomic E-state index is 0.0276. The molecule has 0 saturated carbocycles. The highest BCUT2D eigenvalue weighted by Crippen LogP contribution is 2.36. The second kappa shape index (κ2) is 14.0. The van der Waals surface area contributed by atoms with E-state index in [9.17, 15) is 35.9 Å². The van der Waals surface area contributed by atoms with E-state index >= 15 is 0 Å². The molecule has 0 aliphatic heterocycles. The van der Waals surface area contributed by atoms with Crippen LogP contribution in [0.5, 0.6) is 5.75 Å². The van der Waals surface area contributed by atoms with Crippen LogP contribution in [-0.4, -0.2) is 48.8 Å². The largest absolute Gasteiger partial charge is 0.494 e. The zero-order valence-electron chi connectivity index (χ0n) is 25.6. The van der Waals surface area contributed by atoms with Crippen molar-refractivity contribution in [2.24, 2.45) is 17.4 Å². The van der Waals surface area contributed by atoms with Gasteiger partial charge < -0.3 is 25.4 Å². The molecule has 0 bridgehead atoms. The van der Waals surface area contributed by atoms with Gasteiger partial charge in [0.1, 0.15) is 11.3 Å². The SMILES string of the molecule is CC(C)(N)CC(C(=O)OCCC(F)(F)OC(F)(F)OC(F)(F)CCOc1ccc2cc(-c3ccccc3)c(=O)oc2c1)C(C)(C)N. The first-order valence-corrected chi connectivity index (χ1v) is 14.1. The molecule has 0 saturated heterocycles. The number of nitrogens with two attached hydrogens (primary N) is 2. The zero-order valence-corrected chi connectivity index (χ0v) is 25.6. The summed E-state index contributed by atoms with van der Waals surface area (Å²) in [4.78, 5) is 24.9. The Morgan fingerprint density at radius 1 is 0.848 bits per heavy atom. The Balaban J connectivity index is 1.52. The number of hydrogen-bond donors (Lipinski definition) is 2. The number of esters is 1. The quantitative estimate of drug-likeness (QED) is 0.0772. The van der Waals surface area contributed by atoms with Crippen molar-refractivity contribution in [3.05, 3.63) is 65.0 Å². The van der Waals surface area contributed by atoms with Crippen molar-refractivity contribution in [3.8, 4) is 16.9 Å². The molecule has 3 rings (SSSR count). The van der Waals surface area contributed by atoms with Gasteiger partial charge in [-0.3, -0.25) is 4.79 Å². The van der Waals surface area contributed by atoms with E-state index in [0.29, 0.717) is 16.5 Å². The lowest BCUT2D eigenvalue weighted by Crippen LogP contribution is -2.50. The summed E-state index contributed by atoms with van der Waals surface area (Å²) in [5.41, 5.74) is 10.2. The predicted molar refractivity (Wildman–Crippen MR) is 155 cm³/mol. The van der Waals surface area contributed by atoms with Crippen LogP contribution in [0.15, 0.2) is 63.8 Å². The van der Waals surface area contributed by atoms with Crippen molar-refractivity contribution in [2.75, 3.05) is 13.2 Å². The molecule has 2 aromatic carbocycles. The summed E-state index contributed by atoms with van der Waals surface area (Å²) in [5, 5.41) is 0.495. The van der Waals surface area contributed by atoms with Gasteiger partial charge in [0.2, 0.25) is 0 Å². The molecular weight excluding hydrogens is 626 g/mol. The molecule has 1 heterocycles. The molecule has 0 amide bonds. The Kier molecular flexibility index (Phi) is 11.2. The van der Waals surface area contributed by atoms with Crippen LogP contribution in [0.2, 0.25) is 0 Å². The number of carbonyl (C=O) groups is 1. The fraction of sp³-hybridized carbons (Fsp3) is 0.484. The van der Waals surface area contributed by atoms with Crippen LogP contribution in [-0.2, 0) is 19.0 Å². The molecule has 3 aromatic rings. The average Bonchev–Trinajstić information content (AvgIpc) is 2.89. The summed E-state index contributed by atoms with van der Waals surface area (Å²) in [6.45, 7) is 4.21. The number of rotatable bonds is 16. The van der Waals surface area contributed by atoms with Crippen LogP contribution >= 0.6 is 0 Å². The highest BCUT2D eigenvalue weighted by Gasteiger charge is 2.52. The topological polar surface area (TPSA) is 136 Å². The van der Waals surface area contributed by atoms with Crippen molar-refractivity contribution in [1.29, 1.82) is 0 Å². The molecule has 1 unspecified atom stereocenters. The Labute approximate surface area is 260 Å². The lowest BCUT2D eigenvalue weighted by Gasteiger charge is -2.33. The molecule has 15 heteroatoms. The van der Waals surface area contributed by atoms with Crippen LogP contribution in [0.4, 0.5) is 26.3 Å². The van der Waals surface area contributed by atoms with E-state index in [1.165, 1.54) is 32.0 Å². The average molecular weight is 663 g/mol. The molecule has 0 aliphatic rings. The van der Waals surface area contributed by atoms with Gasteiger partial charge in [0, 0.05) is 22.5 Å². The molecule has 0 aliphatic carbocycles. The van der Waals surface area contributed by atoms with Crippen LogP contribution in [0.25, 0.3) is 22.1 Å². The number of benzene rings is 2. The first-order valence-electron chi connectivity index (χ1n) is 14.1. The maximum absolute atomic E-state index is 14.1. The van der Waals surface area contributed by atoms with Crippen molar-refractivity contribution in [1.82, 2.24) is 0 Å². The van der Waals surface area contributed by atoms with Crippen LogP contribution < -0.4 is 21.8 Å². The van der Waals surface area contributed by atoms with Gasteiger partial charge in [0.15, 0.2) is 0 Å². The number of carbonyl (C=O) groups excluding carboxylic acids is 1. The molecule has 1 aromatic heterocycles. The Bertz CT molecular complexity index is 1540. The van der Waals surface area contributed by atoms with E-state index in [1.54, 1.807) is 50.2 Å². The van der Waals surface area contributed by atoms with E-state index in [1.807, 2.05) is 0 Å². The predicted octanol–water partition coefficient (Wildman–Crippen LogP) is 6.41. The second-order valence-corrected chi connectivity index (χ2v) is 12.0. The summed E-state index contributed by atoms with van der Waals surface area (Å²) in [6.07, 6.45) is -17.9. The van der Waals surface area contributed by atoms with Gasteiger partial charge in [-0.1, -0.05) is 30.3 Å². The fourth-order valence-corrected chi connectivity index (χ4v) is 4.31. The standard InChI is InChI=1S/C31H36F6N2O7/c1-27(2,38)18-23(28(3,4)39)26(41)43-15-13-30(34,35)46-31(36,37)45-29(32,33)12-14-42-21-11-10-20-16-22(19-8-6-5-7-9-19)25(40)44-24(20)17-21/h5-11,16-17,23H,12-15,18,38-39H2,1-4H3. The summed E-state index contributed by atoms with van der Waals surface area (Å²) >= 11 is 0. The van der Waals surface area contributed by atoms with E-state index in [2.05, 4.69) is 9.47 Å². The molecule has 46 heavy (non-hydrogen) atoms. The first-order chi connectivity index (χ1) is 21.1. The van der Waals surface area contributed by atoms with Crippen molar-refractivity contribution in [3.63, 3.8) is 0 Å². The number of hydrogen-bond acceptors (Lipinski definition) is 9. The highest BCUT2D eigenvalue weighted by atomic mass is 19.3. The third kappa shape index (κ3) is 11.3. The molecule has 254 valence electrons. The molecule has 1 atom stereocenters. The number of halogens is 6. The Hall–Kier alpha value is -3.66. The normalized spacial score (nSPS) is 13.9. The van der Waals surface area contributed by atoms with Gasteiger partial charge in [-0.25, -0.2) is 14.3 Å². The summed E-state index contributed by atoms with van der Waals surface area (Å²) in [7, 11) is 0. The lowest BCUT2D eigenvalue weighted by atomic mass is 9.80. The van der Waals surface area contributed by atoms with Gasteiger partial charge in [-0.15, -0.1) is 8.78 Å². The fourth-order valence-electron chi connectivity index (χ4n) is 4.31. The zero-order chi connectivity index (χ0) is 34.6. The molecular formula is C31H36F6N2O7. The number of alkyl halides is 6. The maximum atomic E-state index is 14.1. The molecule has 9 nitrogen and oxygen atoms in total. The molecule has 0 radical (unpaired) electrons. The minimum Gasteiger partial charge on any atom is -0.493 e. The number of ether oxygens (including phenoxy) is 4. The van der Waals surface area contributed by atoms with Gasteiger partial charge in [0.05, 0.1) is 37.5 Å². The molecule has 0 fully saturated rings. The van der Waals surface area contributed by atoms with Crippen LogP contribution in [0, 0.1) is 5.92 Å². The van der Waals surface area contributed by atoms with Crippen molar-refractivity contribution >= 4 is 16.9 Å². The van der Waals surface area contributed by atoms with Crippen molar-refractivity contribution in [2.45, 2.75) is 76.5 Å². The van der Waals surface area contributed by atoms with Gasteiger partial charge in [-0.05, 0) is 57.9 Å². The lowest BCUT2D eigenvalue weighted by molar-refractivity contribution is -0.514. The minimum atomic E-state index is -5.44. The molecule has 0 spiro atoms. The first kappa shape index (κ1) is 36.8. The van der Waals surface area contributed by atoms with Crippen molar-refractivity contribution < 1.29 is 54.5 Å². The third-order valence-corrected chi connectivity index (χ3v) is 6.54. The summed E-state index contributed by atoms with van der Waals surface area (Å²) in [5.74, 6) is -2.06. The molecule has 4 N–H and O–H groups in total. The van der Waals surface area contributed by atoms with Gasteiger partial charge in [-0.2, -0.15) is 17.6 Å². The highest BCUT2D eigenvalue weighted by molar-refractivity contribution is 5.82. The van der Waals surface area contributed by atoms with Crippen LogP contribution in [0.1, 0.15) is 47.0 Å². The maximum Gasteiger partial charge on any atom is 0.494 e. The van der Waals surface area contributed by atoms with E-state index < -0.39 is 73.2 Å². The van der Waals surface area contributed by atoms with Gasteiger partial charge >= 0.3 is 30.1 Å². The van der Waals surface area contributed by atoms with Gasteiger partial charge in [0.25, 0.3) is 0 Å². The van der Waals surface area contributed by atoms with E-state index in [0.717, 1.165) is 0 Å². The van der Waals surface area contributed by atoms with Crippen LogP contribution in [0.3, 0.4) is 0 Å². The van der Waals surface area contributed by atoms with E-state index in [4.69, 9.17) is 25.4 Å². The summed E-state index contributed by atoms with van der Waals surface area (Å²) < 4.78 is 106. The Morgan fingerprint density at radius 3 is 2.00 bits per heavy atom. The smallest absolute Gasteiger partial charge is 0.493 e. The Morgan fingerprint density at radius 2 is 1.43 bits per heavy atom. The second-order valence-electron chi connectivity index (χ2n) is 12.0. The monoisotopic (exact) mass is 662 g/mol. The van der Waals surface area contributed by atoms with E-state index in [-0.39, 0.29) is 17.8 Å².